The van der Waals surface area contributed by atoms with Gasteiger partial charge in [-0.25, -0.2) is 0 Å². The van der Waals surface area contributed by atoms with Crippen molar-refractivity contribution in [3.8, 4) is 0 Å². The molecule has 0 aliphatic carbocycles. The van der Waals surface area contributed by atoms with Crippen LogP contribution in [-0.4, -0.2) is 25.2 Å². The van der Waals surface area contributed by atoms with Crippen LogP contribution < -0.4 is 10.6 Å². The molecule has 0 radical (unpaired) electrons. The molecule has 1 amide bonds. The summed E-state index contributed by atoms with van der Waals surface area (Å²) in [5, 5.41) is 4.50. The third-order valence-electron chi connectivity index (χ3n) is 1.55. The van der Waals surface area contributed by atoms with Gasteiger partial charge in [-0.3, -0.25) is 4.79 Å². The Morgan fingerprint density at radius 3 is 2.46 bits per heavy atom. The number of allylic oxidation sites excluding steroid dienone is 1. The van der Waals surface area contributed by atoms with Gasteiger partial charge in [-0.2, -0.15) is 13.2 Å². The van der Waals surface area contributed by atoms with Crippen molar-refractivity contribution in [2.24, 2.45) is 0 Å². The van der Waals surface area contributed by atoms with Crippen molar-refractivity contribution in [1.82, 2.24) is 10.6 Å². The van der Waals surface area contributed by atoms with E-state index >= 15 is 0 Å². The van der Waals surface area contributed by atoms with Crippen molar-refractivity contribution in [2.75, 3.05) is 13.1 Å². The number of carbonyl (C=O) groups excluding carboxylic acids is 1. The highest BCUT2D eigenvalue weighted by molar-refractivity contribution is 5.88. The Labute approximate surface area is 73.0 Å². The van der Waals surface area contributed by atoms with Gasteiger partial charge in [0.15, 0.2) is 0 Å². The number of carbonyl (C=O) groups is 1. The maximum absolute atomic E-state index is 12.1. The molecular weight excluding hydrogens is 185 g/mol. The first-order valence-corrected chi connectivity index (χ1v) is 3.81. The second-order valence-corrected chi connectivity index (χ2v) is 2.63. The van der Waals surface area contributed by atoms with Gasteiger partial charge in [-0.15, -0.1) is 0 Å². The molecule has 0 fully saturated rings. The molecule has 0 aromatic heterocycles. The van der Waals surface area contributed by atoms with E-state index < -0.39 is 17.8 Å². The summed E-state index contributed by atoms with van der Waals surface area (Å²) in [5.41, 5.74) is -0.982. The molecule has 0 bridgehead atoms. The van der Waals surface area contributed by atoms with Crippen LogP contribution in [0.4, 0.5) is 13.2 Å². The molecule has 0 saturated carbocycles. The highest BCUT2D eigenvalue weighted by Gasteiger charge is 2.34. The SMILES string of the molecule is O=C1/C=C(/C(F)(F)F)NCCCN1. The van der Waals surface area contributed by atoms with Crippen LogP contribution in [0, 0.1) is 0 Å². The molecule has 3 nitrogen and oxygen atoms in total. The number of nitrogens with one attached hydrogen (secondary N) is 2. The summed E-state index contributed by atoms with van der Waals surface area (Å²) in [4.78, 5) is 10.8. The Kier molecular flexibility index (Phi) is 2.79. The minimum Gasteiger partial charge on any atom is -0.381 e. The van der Waals surface area contributed by atoms with E-state index in [9.17, 15) is 18.0 Å². The third-order valence-corrected chi connectivity index (χ3v) is 1.55. The summed E-state index contributed by atoms with van der Waals surface area (Å²) in [6.45, 7) is 0.610. The number of alkyl halides is 3. The second-order valence-electron chi connectivity index (χ2n) is 2.63. The number of rotatable bonds is 0. The number of hydrogen-bond acceptors (Lipinski definition) is 2. The van der Waals surface area contributed by atoms with Crippen molar-refractivity contribution in [3.05, 3.63) is 11.8 Å². The summed E-state index contributed by atoms with van der Waals surface area (Å²) >= 11 is 0. The number of hydrogen-bond donors (Lipinski definition) is 2. The van der Waals surface area contributed by atoms with Gasteiger partial charge >= 0.3 is 6.18 Å². The summed E-state index contributed by atoms with van der Waals surface area (Å²) in [6, 6.07) is 0. The van der Waals surface area contributed by atoms with Gasteiger partial charge in [0.05, 0.1) is 0 Å². The Balaban J connectivity index is 2.78. The van der Waals surface area contributed by atoms with E-state index in [4.69, 9.17) is 0 Å². The van der Waals surface area contributed by atoms with Crippen LogP contribution in [0.2, 0.25) is 0 Å². The zero-order chi connectivity index (χ0) is 9.90. The smallest absolute Gasteiger partial charge is 0.381 e. The molecule has 1 aliphatic rings. The van der Waals surface area contributed by atoms with Crippen molar-refractivity contribution < 1.29 is 18.0 Å². The largest absolute Gasteiger partial charge is 0.431 e. The highest BCUT2D eigenvalue weighted by Crippen LogP contribution is 2.23. The van der Waals surface area contributed by atoms with Crippen LogP contribution in [0.1, 0.15) is 6.42 Å². The Bertz CT molecular complexity index is 234. The normalized spacial score (nSPS) is 23.3. The predicted octanol–water partition coefficient (Wildman–Crippen LogP) is 0.542. The van der Waals surface area contributed by atoms with E-state index in [0.717, 1.165) is 0 Å². The predicted molar refractivity (Wildman–Crippen MR) is 39.8 cm³/mol. The fourth-order valence-corrected chi connectivity index (χ4v) is 0.938. The first-order chi connectivity index (χ1) is 6.00. The van der Waals surface area contributed by atoms with Crippen LogP contribution in [0.3, 0.4) is 0 Å². The van der Waals surface area contributed by atoms with Crippen LogP contribution in [0.15, 0.2) is 11.8 Å². The Morgan fingerprint density at radius 1 is 1.23 bits per heavy atom. The van der Waals surface area contributed by atoms with Gasteiger partial charge in [0, 0.05) is 19.2 Å². The van der Waals surface area contributed by atoms with Gasteiger partial charge in [0.1, 0.15) is 5.70 Å². The molecular formula is C7H9F3N2O. The van der Waals surface area contributed by atoms with Gasteiger partial charge in [-0.05, 0) is 6.42 Å². The van der Waals surface area contributed by atoms with E-state index in [1.165, 1.54) is 0 Å². The molecule has 13 heavy (non-hydrogen) atoms. The van der Waals surface area contributed by atoms with E-state index in [1.54, 1.807) is 0 Å². The molecule has 74 valence electrons. The monoisotopic (exact) mass is 194 g/mol. The molecule has 0 aromatic carbocycles. The first-order valence-electron chi connectivity index (χ1n) is 3.81. The third kappa shape index (κ3) is 2.96. The maximum atomic E-state index is 12.1. The summed E-state index contributed by atoms with van der Waals surface area (Å²) in [5.74, 6) is -0.709. The van der Waals surface area contributed by atoms with Crippen molar-refractivity contribution >= 4 is 5.91 Å². The summed E-state index contributed by atoms with van der Waals surface area (Å²) in [7, 11) is 0. The molecule has 1 aliphatic heterocycles. The van der Waals surface area contributed by atoms with E-state index in [0.29, 0.717) is 19.0 Å². The summed E-state index contributed by atoms with van der Waals surface area (Å²) < 4.78 is 36.4. The Morgan fingerprint density at radius 2 is 1.85 bits per heavy atom. The fraction of sp³-hybridized carbons (Fsp3) is 0.571. The van der Waals surface area contributed by atoms with Crippen molar-refractivity contribution in [3.63, 3.8) is 0 Å². The molecule has 0 unspecified atom stereocenters. The van der Waals surface area contributed by atoms with Crippen LogP contribution >= 0.6 is 0 Å². The zero-order valence-corrected chi connectivity index (χ0v) is 6.74. The first kappa shape index (κ1) is 9.88. The maximum Gasteiger partial charge on any atom is 0.431 e. The standard InChI is InChI=1S/C7H9F3N2O/c8-7(9,10)5-4-6(13)12-3-1-2-11-5/h4,11H,1-3H2,(H,12,13)/b5-4-. The minimum absolute atomic E-state index is 0.214. The van der Waals surface area contributed by atoms with Crippen LogP contribution in [0.25, 0.3) is 0 Å². The lowest BCUT2D eigenvalue weighted by molar-refractivity contribution is -0.118. The van der Waals surface area contributed by atoms with Gasteiger partial charge in [0.2, 0.25) is 5.91 Å². The zero-order valence-electron chi connectivity index (χ0n) is 6.74. The van der Waals surface area contributed by atoms with E-state index in [1.807, 2.05) is 0 Å². The average Bonchev–Trinajstić information content (AvgIpc) is 1.94. The van der Waals surface area contributed by atoms with Gasteiger partial charge in [0.25, 0.3) is 0 Å². The lowest BCUT2D eigenvalue weighted by atomic mass is 10.3. The molecule has 2 N–H and O–H groups in total. The average molecular weight is 194 g/mol. The lowest BCUT2D eigenvalue weighted by Gasteiger charge is -2.16. The molecule has 0 aromatic rings. The van der Waals surface area contributed by atoms with E-state index in [2.05, 4.69) is 10.6 Å². The van der Waals surface area contributed by atoms with E-state index in [-0.39, 0.29) is 6.54 Å². The molecule has 1 heterocycles. The van der Waals surface area contributed by atoms with Crippen LogP contribution in [-0.2, 0) is 4.79 Å². The highest BCUT2D eigenvalue weighted by atomic mass is 19.4. The van der Waals surface area contributed by atoms with Crippen molar-refractivity contribution in [1.29, 1.82) is 0 Å². The van der Waals surface area contributed by atoms with Gasteiger partial charge < -0.3 is 10.6 Å². The molecule has 1 rings (SSSR count). The molecule has 0 atom stereocenters. The van der Waals surface area contributed by atoms with Crippen molar-refractivity contribution in [2.45, 2.75) is 12.6 Å². The molecule has 0 saturated heterocycles. The van der Waals surface area contributed by atoms with Gasteiger partial charge in [-0.1, -0.05) is 0 Å². The molecule has 6 heteroatoms. The number of halogens is 3. The lowest BCUT2D eigenvalue weighted by Crippen LogP contribution is -2.35. The topological polar surface area (TPSA) is 41.1 Å². The fourth-order valence-electron chi connectivity index (χ4n) is 0.938. The quantitative estimate of drug-likeness (QED) is 0.591. The molecule has 0 spiro atoms. The summed E-state index contributed by atoms with van der Waals surface area (Å²) in [6.07, 6.45) is -3.45. The number of amides is 1. The van der Waals surface area contributed by atoms with Crippen LogP contribution in [0.5, 0.6) is 0 Å². The second kappa shape index (κ2) is 3.68. The Hall–Kier alpha value is -1.20. The minimum atomic E-state index is -4.48.